The van der Waals surface area contributed by atoms with Gasteiger partial charge in [0.25, 0.3) is 5.91 Å². The predicted molar refractivity (Wildman–Crippen MR) is 77.0 cm³/mol. The summed E-state index contributed by atoms with van der Waals surface area (Å²) >= 11 is 0. The summed E-state index contributed by atoms with van der Waals surface area (Å²) in [5.41, 5.74) is 0. The van der Waals surface area contributed by atoms with Gasteiger partial charge in [-0.25, -0.2) is 4.79 Å². The van der Waals surface area contributed by atoms with Gasteiger partial charge in [0.05, 0.1) is 12.9 Å². The van der Waals surface area contributed by atoms with Gasteiger partial charge in [0.1, 0.15) is 0 Å². The molecule has 2 rings (SSSR count). The average molecular weight is 294 g/mol. The number of alkyl carbamates (subject to hydrolysis) is 1. The molecule has 1 saturated heterocycles. The maximum absolute atomic E-state index is 12.1. The van der Waals surface area contributed by atoms with Crippen molar-refractivity contribution in [2.24, 2.45) is 5.92 Å². The Hall–Kier alpha value is -1.98. The van der Waals surface area contributed by atoms with E-state index in [0.29, 0.717) is 31.4 Å². The summed E-state index contributed by atoms with van der Waals surface area (Å²) in [7, 11) is 0. The summed E-state index contributed by atoms with van der Waals surface area (Å²) in [6.45, 7) is 5.61. The van der Waals surface area contributed by atoms with E-state index in [2.05, 4.69) is 5.32 Å². The van der Waals surface area contributed by atoms with Crippen LogP contribution in [0.15, 0.2) is 22.8 Å². The number of amides is 2. The Morgan fingerprint density at radius 1 is 1.43 bits per heavy atom. The number of nitrogens with one attached hydrogen (secondary N) is 1. The fourth-order valence-corrected chi connectivity index (χ4v) is 2.23. The smallest absolute Gasteiger partial charge is 0.407 e. The van der Waals surface area contributed by atoms with Crippen LogP contribution in [0.5, 0.6) is 0 Å². The Bertz CT molecular complexity index is 462. The molecule has 6 nitrogen and oxygen atoms in total. The van der Waals surface area contributed by atoms with Crippen molar-refractivity contribution in [1.29, 1.82) is 0 Å². The van der Waals surface area contributed by atoms with Crippen LogP contribution in [-0.4, -0.2) is 42.6 Å². The van der Waals surface area contributed by atoms with Gasteiger partial charge in [0, 0.05) is 19.1 Å². The number of carbonyl (C=O) groups excluding carboxylic acids is 2. The number of hydrogen-bond acceptors (Lipinski definition) is 4. The first-order valence-electron chi connectivity index (χ1n) is 7.32. The molecule has 0 aromatic carbocycles. The predicted octanol–water partition coefficient (Wildman–Crippen LogP) is 2.27. The topological polar surface area (TPSA) is 71.8 Å². The monoisotopic (exact) mass is 294 g/mol. The fraction of sp³-hybridized carbons (Fsp3) is 0.600. The molecule has 0 atom stereocenters. The average Bonchev–Trinajstić information content (AvgIpc) is 2.99. The van der Waals surface area contributed by atoms with Crippen LogP contribution < -0.4 is 5.32 Å². The lowest BCUT2D eigenvalue weighted by Gasteiger charge is -2.31. The van der Waals surface area contributed by atoms with E-state index in [1.165, 1.54) is 6.26 Å². The van der Waals surface area contributed by atoms with Crippen molar-refractivity contribution >= 4 is 12.0 Å². The highest BCUT2D eigenvalue weighted by Gasteiger charge is 2.26. The number of piperidine rings is 1. The minimum atomic E-state index is -0.375. The van der Waals surface area contributed by atoms with E-state index >= 15 is 0 Å². The van der Waals surface area contributed by atoms with E-state index < -0.39 is 0 Å². The SMILES string of the molecule is CC(C)COC(=O)NC1CCN(C(=O)c2ccco2)CC1. The van der Waals surface area contributed by atoms with Crippen LogP contribution in [0.4, 0.5) is 4.79 Å². The summed E-state index contributed by atoms with van der Waals surface area (Å²) in [6, 6.07) is 3.42. The first kappa shape index (κ1) is 15.4. The van der Waals surface area contributed by atoms with Crippen LogP contribution in [-0.2, 0) is 4.74 Å². The van der Waals surface area contributed by atoms with E-state index in [4.69, 9.17) is 9.15 Å². The second-order valence-electron chi connectivity index (χ2n) is 5.68. The summed E-state index contributed by atoms with van der Waals surface area (Å²) in [6.07, 6.45) is 2.57. The molecule has 1 N–H and O–H groups in total. The highest BCUT2D eigenvalue weighted by atomic mass is 16.5. The number of furan rings is 1. The minimum absolute atomic E-state index is 0.0605. The molecule has 0 saturated carbocycles. The molecule has 0 aliphatic carbocycles. The highest BCUT2D eigenvalue weighted by Crippen LogP contribution is 2.14. The molecule has 1 aromatic heterocycles. The van der Waals surface area contributed by atoms with Crippen LogP contribution in [0, 0.1) is 5.92 Å². The molecule has 2 amide bonds. The van der Waals surface area contributed by atoms with E-state index in [1.54, 1.807) is 17.0 Å². The van der Waals surface area contributed by atoms with Gasteiger partial charge in [-0.2, -0.15) is 0 Å². The molecule has 116 valence electrons. The number of ether oxygens (including phenoxy) is 1. The largest absolute Gasteiger partial charge is 0.459 e. The molecular weight excluding hydrogens is 272 g/mol. The number of carbonyl (C=O) groups is 2. The van der Waals surface area contributed by atoms with Gasteiger partial charge < -0.3 is 19.4 Å². The van der Waals surface area contributed by atoms with Crippen LogP contribution in [0.3, 0.4) is 0 Å². The van der Waals surface area contributed by atoms with Crippen LogP contribution in [0.1, 0.15) is 37.2 Å². The Labute approximate surface area is 124 Å². The summed E-state index contributed by atoms with van der Waals surface area (Å²) in [5, 5.41) is 2.85. The lowest BCUT2D eigenvalue weighted by atomic mass is 10.1. The molecule has 0 radical (unpaired) electrons. The maximum Gasteiger partial charge on any atom is 0.407 e. The zero-order valence-corrected chi connectivity index (χ0v) is 12.5. The van der Waals surface area contributed by atoms with Gasteiger partial charge in [-0.15, -0.1) is 0 Å². The van der Waals surface area contributed by atoms with Crippen LogP contribution in [0.25, 0.3) is 0 Å². The van der Waals surface area contributed by atoms with Crippen molar-refractivity contribution in [3.63, 3.8) is 0 Å². The van der Waals surface area contributed by atoms with Gasteiger partial charge >= 0.3 is 6.09 Å². The van der Waals surface area contributed by atoms with Gasteiger partial charge in [0.15, 0.2) is 5.76 Å². The van der Waals surface area contributed by atoms with Gasteiger partial charge in [-0.3, -0.25) is 4.79 Å². The zero-order chi connectivity index (χ0) is 15.2. The number of nitrogens with zero attached hydrogens (tertiary/aromatic N) is 1. The Morgan fingerprint density at radius 3 is 2.71 bits per heavy atom. The Balaban J connectivity index is 1.73. The van der Waals surface area contributed by atoms with E-state index in [9.17, 15) is 9.59 Å². The Kier molecular flexibility index (Phi) is 5.25. The second kappa shape index (κ2) is 7.15. The third-order valence-electron chi connectivity index (χ3n) is 3.38. The lowest BCUT2D eigenvalue weighted by molar-refractivity contribution is 0.0668. The molecule has 21 heavy (non-hydrogen) atoms. The number of hydrogen-bond donors (Lipinski definition) is 1. The molecule has 1 aliphatic heterocycles. The van der Waals surface area contributed by atoms with Crippen molar-refractivity contribution < 1.29 is 18.7 Å². The van der Waals surface area contributed by atoms with Crippen molar-refractivity contribution in [1.82, 2.24) is 10.2 Å². The molecule has 6 heteroatoms. The van der Waals surface area contributed by atoms with Gasteiger partial charge in [-0.1, -0.05) is 13.8 Å². The number of rotatable bonds is 4. The number of likely N-dealkylation sites (tertiary alicyclic amines) is 1. The van der Waals surface area contributed by atoms with Gasteiger partial charge in [-0.05, 0) is 30.9 Å². The third-order valence-corrected chi connectivity index (χ3v) is 3.38. The Morgan fingerprint density at radius 2 is 2.14 bits per heavy atom. The normalized spacial score (nSPS) is 16.0. The minimum Gasteiger partial charge on any atom is -0.459 e. The third kappa shape index (κ3) is 4.51. The molecule has 0 bridgehead atoms. The highest BCUT2D eigenvalue weighted by molar-refractivity contribution is 5.91. The van der Waals surface area contributed by atoms with E-state index in [0.717, 1.165) is 12.8 Å². The summed E-state index contributed by atoms with van der Waals surface area (Å²) in [4.78, 5) is 25.4. The van der Waals surface area contributed by atoms with Crippen LogP contribution in [0.2, 0.25) is 0 Å². The quantitative estimate of drug-likeness (QED) is 0.924. The van der Waals surface area contributed by atoms with Crippen molar-refractivity contribution in [2.45, 2.75) is 32.7 Å². The molecule has 0 unspecified atom stereocenters. The van der Waals surface area contributed by atoms with Crippen molar-refractivity contribution in [3.05, 3.63) is 24.2 Å². The first-order valence-corrected chi connectivity index (χ1v) is 7.32. The zero-order valence-electron chi connectivity index (χ0n) is 12.5. The second-order valence-corrected chi connectivity index (χ2v) is 5.68. The molecule has 2 heterocycles. The van der Waals surface area contributed by atoms with E-state index in [1.807, 2.05) is 13.8 Å². The molecular formula is C15H22N2O4. The standard InChI is InChI=1S/C15H22N2O4/c1-11(2)10-21-15(19)16-12-5-7-17(8-6-12)14(18)13-4-3-9-20-13/h3-4,9,11-12H,5-8,10H2,1-2H3,(H,16,19). The summed E-state index contributed by atoms with van der Waals surface area (Å²) in [5.74, 6) is 0.585. The van der Waals surface area contributed by atoms with Gasteiger partial charge in [0.2, 0.25) is 0 Å². The lowest BCUT2D eigenvalue weighted by Crippen LogP contribution is -2.46. The first-order chi connectivity index (χ1) is 10.1. The van der Waals surface area contributed by atoms with Crippen molar-refractivity contribution in [3.8, 4) is 0 Å². The maximum atomic E-state index is 12.1. The molecule has 0 spiro atoms. The van der Waals surface area contributed by atoms with E-state index in [-0.39, 0.29) is 18.0 Å². The molecule has 1 aliphatic rings. The van der Waals surface area contributed by atoms with Crippen molar-refractivity contribution in [2.75, 3.05) is 19.7 Å². The molecule has 1 fully saturated rings. The fourth-order valence-electron chi connectivity index (χ4n) is 2.23. The summed E-state index contributed by atoms with van der Waals surface area (Å²) < 4.78 is 10.2. The molecule has 1 aromatic rings. The van der Waals surface area contributed by atoms with Crippen LogP contribution >= 0.6 is 0 Å².